The fraction of sp³-hybridized carbons (Fsp3) is 0.314. The van der Waals surface area contributed by atoms with Crippen LogP contribution in [0.2, 0.25) is 0 Å². The van der Waals surface area contributed by atoms with Crippen LogP contribution >= 0.6 is 0 Å². The van der Waals surface area contributed by atoms with Crippen LogP contribution < -0.4 is 4.74 Å². The van der Waals surface area contributed by atoms with Gasteiger partial charge in [-0.15, -0.1) is 0 Å². The molecule has 0 saturated heterocycles. The average Bonchev–Trinajstić information content (AvgIpc) is 3.00. The number of hydrogen-bond acceptors (Lipinski definition) is 5. The third-order valence-electron chi connectivity index (χ3n) is 7.14. The van der Waals surface area contributed by atoms with Crippen molar-refractivity contribution in [1.29, 1.82) is 0 Å². The third kappa shape index (κ3) is 9.61. The third-order valence-corrected chi connectivity index (χ3v) is 7.14. The van der Waals surface area contributed by atoms with Gasteiger partial charge in [-0.2, -0.15) is 0 Å². The van der Waals surface area contributed by atoms with Crippen LogP contribution in [0.25, 0.3) is 0 Å². The van der Waals surface area contributed by atoms with E-state index in [9.17, 15) is 10.2 Å². The molecule has 5 heteroatoms. The summed E-state index contributed by atoms with van der Waals surface area (Å²) in [7, 11) is 0. The maximum atomic E-state index is 11.0. The van der Waals surface area contributed by atoms with Gasteiger partial charge in [-0.25, -0.2) is 0 Å². The van der Waals surface area contributed by atoms with E-state index < -0.39 is 12.2 Å². The highest BCUT2D eigenvalue weighted by molar-refractivity contribution is 5.28. The van der Waals surface area contributed by atoms with Crippen molar-refractivity contribution in [3.63, 3.8) is 0 Å². The van der Waals surface area contributed by atoms with Gasteiger partial charge in [0.1, 0.15) is 12.4 Å². The highest BCUT2D eigenvalue weighted by Crippen LogP contribution is 2.22. The molecule has 3 atom stereocenters. The summed E-state index contributed by atoms with van der Waals surface area (Å²) in [6, 6.07) is 38.0. The summed E-state index contributed by atoms with van der Waals surface area (Å²) in [6.07, 6.45) is 0.399. The Hall–Kier alpha value is -3.48. The molecule has 0 amide bonds. The number of ether oxygens (including phenoxy) is 2. The van der Waals surface area contributed by atoms with Crippen LogP contribution in [0.4, 0.5) is 0 Å². The molecule has 4 rings (SSSR count). The van der Waals surface area contributed by atoms with Gasteiger partial charge in [0.25, 0.3) is 0 Å². The summed E-state index contributed by atoms with van der Waals surface area (Å²) in [4.78, 5) is 2.17. The minimum Gasteiger partial charge on any atom is -0.491 e. The predicted octanol–water partition coefficient (Wildman–Crippen LogP) is 6.02. The number of hydrogen-bond donors (Lipinski definition) is 2. The largest absolute Gasteiger partial charge is 0.491 e. The van der Waals surface area contributed by atoms with Gasteiger partial charge in [-0.1, -0.05) is 103 Å². The van der Waals surface area contributed by atoms with Gasteiger partial charge < -0.3 is 19.7 Å². The van der Waals surface area contributed by atoms with Crippen LogP contribution in [-0.4, -0.2) is 54.1 Å². The monoisotopic (exact) mass is 539 g/mol. The van der Waals surface area contributed by atoms with E-state index in [1.807, 2.05) is 91.0 Å². The van der Waals surface area contributed by atoms with Crippen LogP contribution in [-0.2, 0) is 17.6 Å². The van der Waals surface area contributed by atoms with Gasteiger partial charge in [0.2, 0.25) is 0 Å². The first-order chi connectivity index (χ1) is 19.6. The van der Waals surface area contributed by atoms with Crippen LogP contribution in [0, 0.1) is 0 Å². The first-order valence-electron chi connectivity index (χ1n) is 14.1. The molecule has 4 aromatic rings. The molecule has 0 aromatic heterocycles. The van der Waals surface area contributed by atoms with Gasteiger partial charge in [0.05, 0.1) is 25.4 Å². The highest BCUT2D eigenvalue weighted by Gasteiger charge is 2.22. The van der Waals surface area contributed by atoms with Crippen molar-refractivity contribution >= 4 is 0 Å². The summed E-state index contributed by atoms with van der Waals surface area (Å²) in [5.41, 5.74) is 4.20. The van der Waals surface area contributed by atoms with E-state index >= 15 is 0 Å². The van der Waals surface area contributed by atoms with Crippen molar-refractivity contribution in [3.05, 3.63) is 138 Å². The van der Waals surface area contributed by atoms with E-state index in [-0.39, 0.29) is 6.04 Å². The molecule has 0 spiro atoms. The van der Waals surface area contributed by atoms with Gasteiger partial charge in [-0.3, -0.25) is 4.90 Å². The SMILES string of the molecule is C[C@H](Cc1ccc(OCCOCCc2ccccc2)cc1)N(C[C@@H](O)c1ccccc1)C[C@H](O)c1ccccc1. The van der Waals surface area contributed by atoms with Crippen molar-refractivity contribution in [2.75, 3.05) is 32.9 Å². The Morgan fingerprint density at radius 3 is 1.68 bits per heavy atom. The van der Waals surface area contributed by atoms with Crippen molar-refractivity contribution in [3.8, 4) is 5.75 Å². The molecule has 0 aliphatic carbocycles. The van der Waals surface area contributed by atoms with Gasteiger partial charge in [0, 0.05) is 19.1 Å². The molecule has 5 nitrogen and oxygen atoms in total. The lowest BCUT2D eigenvalue weighted by molar-refractivity contribution is 0.0480. The minimum atomic E-state index is -0.641. The Kier molecular flexibility index (Phi) is 11.8. The van der Waals surface area contributed by atoms with Crippen LogP contribution in [0.1, 0.15) is 41.4 Å². The summed E-state index contributed by atoms with van der Waals surface area (Å²) < 4.78 is 11.6. The lowest BCUT2D eigenvalue weighted by Gasteiger charge is -2.33. The van der Waals surface area contributed by atoms with Gasteiger partial charge >= 0.3 is 0 Å². The molecule has 210 valence electrons. The number of rotatable bonds is 16. The molecule has 0 heterocycles. The van der Waals surface area contributed by atoms with E-state index in [0.717, 1.165) is 29.7 Å². The number of aliphatic hydroxyl groups excluding tert-OH is 2. The molecule has 40 heavy (non-hydrogen) atoms. The molecule has 0 saturated carbocycles. The molecular weight excluding hydrogens is 498 g/mol. The minimum absolute atomic E-state index is 0.0986. The van der Waals surface area contributed by atoms with Crippen LogP contribution in [0.15, 0.2) is 115 Å². The lowest BCUT2D eigenvalue weighted by atomic mass is 10.0. The Bertz CT molecular complexity index is 1170. The molecule has 0 radical (unpaired) electrons. The van der Waals surface area contributed by atoms with E-state index in [1.165, 1.54) is 11.1 Å². The summed E-state index contributed by atoms with van der Waals surface area (Å²) >= 11 is 0. The number of nitrogens with zero attached hydrogens (tertiary/aromatic N) is 1. The zero-order chi connectivity index (χ0) is 28.0. The molecule has 0 aliphatic rings. The Labute approximate surface area is 238 Å². The summed E-state index contributed by atoms with van der Waals surface area (Å²) in [6.45, 7) is 4.74. The lowest BCUT2D eigenvalue weighted by Crippen LogP contribution is -2.40. The smallest absolute Gasteiger partial charge is 0.119 e. The molecule has 0 fully saturated rings. The zero-order valence-electron chi connectivity index (χ0n) is 23.3. The summed E-state index contributed by atoms with van der Waals surface area (Å²) in [5.74, 6) is 0.818. The highest BCUT2D eigenvalue weighted by atomic mass is 16.5. The maximum Gasteiger partial charge on any atom is 0.119 e. The second-order valence-corrected chi connectivity index (χ2v) is 10.2. The molecule has 0 unspecified atom stereocenters. The van der Waals surface area contributed by atoms with Crippen LogP contribution in [0.3, 0.4) is 0 Å². The van der Waals surface area contributed by atoms with Crippen molar-refractivity contribution in [2.24, 2.45) is 0 Å². The van der Waals surface area contributed by atoms with E-state index in [2.05, 4.69) is 36.1 Å². The average molecular weight is 540 g/mol. The molecule has 4 aromatic carbocycles. The first-order valence-corrected chi connectivity index (χ1v) is 14.1. The number of benzene rings is 4. The summed E-state index contributed by atoms with van der Waals surface area (Å²) in [5, 5.41) is 21.9. The number of aliphatic hydroxyl groups is 2. The normalized spacial score (nSPS) is 13.6. The quantitative estimate of drug-likeness (QED) is 0.170. The molecule has 0 aliphatic heterocycles. The Morgan fingerprint density at radius 1 is 0.600 bits per heavy atom. The maximum absolute atomic E-state index is 11.0. The molecular formula is C35H41NO4. The van der Waals surface area contributed by atoms with Crippen molar-refractivity contribution in [2.45, 2.75) is 38.0 Å². The van der Waals surface area contributed by atoms with E-state index in [1.54, 1.807) is 0 Å². The van der Waals surface area contributed by atoms with Crippen LogP contribution in [0.5, 0.6) is 5.75 Å². The first kappa shape index (κ1) is 29.5. The molecule has 0 bridgehead atoms. The van der Waals surface area contributed by atoms with Crippen molar-refractivity contribution in [1.82, 2.24) is 4.90 Å². The van der Waals surface area contributed by atoms with Gasteiger partial charge in [0.15, 0.2) is 0 Å². The van der Waals surface area contributed by atoms with E-state index in [4.69, 9.17) is 9.47 Å². The second-order valence-electron chi connectivity index (χ2n) is 10.2. The second kappa shape index (κ2) is 15.9. The van der Waals surface area contributed by atoms with E-state index in [0.29, 0.717) is 32.9 Å². The fourth-order valence-corrected chi connectivity index (χ4v) is 4.79. The standard InChI is InChI=1S/C35H41NO4/c1-28(25-30-17-19-33(20-18-30)40-24-23-39-22-21-29-11-5-2-6-12-29)36(26-34(37)31-13-7-3-8-14-31)27-35(38)32-15-9-4-10-16-32/h2-20,28,34-35,37-38H,21-27H2,1H3/t28-,34-,35+/m1/s1. The molecule has 2 N–H and O–H groups in total. The zero-order valence-corrected chi connectivity index (χ0v) is 23.3. The van der Waals surface area contributed by atoms with Crippen molar-refractivity contribution < 1.29 is 19.7 Å². The van der Waals surface area contributed by atoms with Gasteiger partial charge in [-0.05, 0) is 54.2 Å². The Balaban J connectivity index is 1.28. The predicted molar refractivity (Wildman–Crippen MR) is 160 cm³/mol. The fourth-order valence-electron chi connectivity index (χ4n) is 4.79. The Morgan fingerprint density at radius 2 is 1.12 bits per heavy atom. The topological polar surface area (TPSA) is 62.2 Å².